The molecule has 8 nitrogen and oxygen atoms in total. The molecule has 0 radical (unpaired) electrons. The summed E-state index contributed by atoms with van der Waals surface area (Å²) in [7, 11) is 1.33. The molecule has 0 saturated heterocycles. The molecular formula is C29H29N5O3. The third kappa shape index (κ3) is 5.38. The van der Waals surface area contributed by atoms with Crippen LogP contribution < -0.4 is 10.6 Å². The maximum Gasteiger partial charge on any atom is 0.356 e. The zero-order valence-electron chi connectivity index (χ0n) is 20.7. The van der Waals surface area contributed by atoms with Gasteiger partial charge in [-0.05, 0) is 48.9 Å². The van der Waals surface area contributed by atoms with Crippen LogP contribution >= 0.6 is 0 Å². The van der Waals surface area contributed by atoms with Gasteiger partial charge in [0.05, 0.1) is 30.2 Å². The molecule has 0 saturated carbocycles. The van der Waals surface area contributed by atoms with Crippen molar-refractivity contribution in [1.29, 1.82) is 0 Å². The fraction of sp³-hybridized carbons (Fsp3) is 0.241. The number of hydrogen-bond donors (Lipinski definition) is 2. The third-order valence-corrected chi connectivity index (χ3v) is 6.60. The maximum atomic E-state index is 13.2. The molecule has 188 valence electrons. The number of benzene rings is 1. The Hall–Kier alpha value is -4.46. The van der Waals surface area contributed by atoms with E-state index in [0.29, 0.717) is 34.7 Å². The number of hydrogen-bond acceptors (Lipinski definition) is 6. The van der Waals surface area contributed by atoms with Crippen molar-refractivity contribution in [2.24, 2.45) is 5.92 Å². The molecular weight excluding hydrogens is 466 g/mol. The lowest BCUT2D eigenvalue weighted by molar-refractivity contribution is 0.0591. The van der Waals surface area contributed by atoms with Gasteiger partial charge in [0.2, 0.25) is 0 Å². The SMILES string of the molecule is COC(=O)c1c(NC(=O)c2cccnc2)c2cc(NCC3CC=CCC3)cnc2n1Cc1ccccc1. The molecule has 0 spiro atoms. The molecule has 0 fully saturated rings. The van der Waals surface area contributed by atoms with Gasteiger partial charge in [0, 0.05) is 30.9 Å². The number of nitrogens with one attached hydrogen (secondary N) is 2. The van der Waals surface area contributed by atoms with Crippen molar-refractivity contribution in [2.75, 3.05) is 24.3 Å². The Morgan fingerprint density at radius 2 is 1.97 bits per heavy atom. The second-order valence-electron chi connectivity index (χ2n) is 9.11. The van der Waals surface area contributed by atoms with E-state index in [1.54, 1.807) is 29.1 Å². The molecule has 37 heavy (non-hydrogen) atoms. The molecule has 8 heteroatoms. The average Bonchev–Trinajstić information content (AvgIpc) is 3.25. The summed E-state index contributed by atoms with van der Waals surface area (Å²) < 4.78 is 6.95. The smallest absolute Gasteiger partial charge is 0.356 e. The van der Waals surface area contributed by atoms with E-state index in [2.05, 4.69) is 27.8 Å². The molecule has 4 aromatic rings. The standard InChI is InChI=1S/C29H29N5O3/c1-37-29(36)26-25(33-28(35)22-13-8-14-30-17-22)24-15-23(31-16-20-9-4-2-5-10-20)18-32-27(24)34(26)19-21-11-6-3-7-12-21/h2-4,6-8,11-15,17-18,20,31H,5,9-10,16,19H2,1H3,(H,33,35). The van der Waals surface area contributed by atoms with E-state index >= 15 is 0 Å². The number of allylic oxidation sites excluding steroid dienone is 2. The number of fused-ring (bicyclic) bond motifs is 1. The molecule has 2 N–H and O–H groups in total. The van der Waals surface area contributed by atoms with Gasteiger partial charge < -0.3 is 19.9 Å². The second kappa shape index (κ2) is 11.1. The highest BCUT2D eigenvalue weighted by atomic mass is 16.5. The number of pyridine rings is 2. The summed E-state index contributed by atoms with van der Waals surface area (Å²) in [4.78, 5) is 35.0. The van der Waals surface area contributed by atoms with E-state index in [4.69, 9.17) is 9.72 Å². The highest BCUT2D eigenvalue weighted by Gasteiger charge is 2.27. The Balaban J connectivity index is 1.58. The number of ether oxygens (including phenoxy) is 1. The van der Waals surface area contributed by atoms with Crippen LogP contribution in [0.3, 0.4) is 0 Å². The van der Waals surface area contributed by atoms with Crippen molar-refractivity contribution in [2.45, 2.75) is 25.8 Å². The normalized spacial score (nSPS) is 14.9. The summed E-state index contributed by atoms with van der Waals surface area (Å²) in [6, 6.07) is 15.1. The van der Waals surface area contributed by atoms with Crippen LogP contribution in [0, 0.1) is 5.92 Å². The molecule has 3 heterocycles. The van der Waals surface area contributed by atoms with Crippen LogP contribution in [0.2, 0.25) is 0 Å². The minimum atomic E-state index is -0.557. The van der Waals surface area contributed by atoms with Crippen molar-refractivity contribution >= 4 is 34.3 Å². The van der Waals surface area contributed by atoms with Gasteiger partial charge in [-0.25, -0.2) is 9.78 Å². The van der Waals surface area contributed by atoms with Crippen LogP contribution in [-0.4, -0.2) is 40.1 Å². The first-order chi connectivity index (χ1) is 18.1. The van der Waals surface area contributed by atoms with Crippen LogP contribution in [-0.2, 0) is 11.3 Å². The van der Waals surface area contributed by atoms with Gasteiger partial charge in [-0.2, -0.15) is 0 Å². The maximum absolute atomic E-state index is 13.2. The minimum absolute atomic E-state index is 0.237. The van der Waals surface area contributed by atoms with Gasteiger partial charge in [0.1, 0.15) is 5.65 Å². The van der Waals surface area contributed by atoms with E-state index in [-0.39, 0.29) is 11.6 Å². The fourth-order valence-electron chi connectivity index (χ4n) is 4.66. The lowest BCUT2D eigenvalue weighted by Crippen LogP contribution is -2.17. The first-order valence-corrected chi connectivity index (χ1v) is 12.4. The number of methoxy groups -OCH3 is 1. The highest BCUT2D eigenvalue weighted by Crippen LogP contribution is 2.34. The summed E-state index contributed by atoms with van der Waals surface area (Å²) in [6.07, 6.45) is 12.6. The summed E-state index contributed by atoms with van der Waals surface area (Å²) in [5.41, 5.74) is 3.38. The highest BCUT2D eigenvalue weighted by molar-refractivity contribution is 6.14. The van der Waals surface area contributed by atoms with Gasteiger partial charge in [-0.15, -0.1) is 0 Å². The quantitative estimate of drug-likeness (QED) is 0.255. The van der Waals surface area contributed by atoms with Crippen molar-refractivity contribution in [3.8, 4) is 0 Å². The molecule has 5 rings (SSSR count). The van der Waals surface area contributed by atoms with Crippen molar-refractivity contribution in [3.63, 3.8) is 0 Å². The molecule has 0 bridgehead atoms. The van der Waals surface area contributed by atoms with Gasteiger partial charge in [0.25, 0.3) is 5.91 Å². The van der Waals surface area contributed by atoms with Crippen LogP contribution in [0.25, 0.3) is 11.0 Å². The Morgan fingerprint density at radius 3 is 2.70 bits per heavy atom. The van der Waals surface area contributed by atoms with Gasteiger partial charge in [0.15, 0.2) is 5.69 Å². The second-order valence-corrected chi connectivity index (χ2v) is 9.11. The molecule has 1 unspecified atom stereocenters. The van der Waals surface area contributed by atoms with Crippen LogP contribution in [0.4, 0.5) is 11.4 Å². The minimum Gasteiger partial charge on any atom is -0.464 e. The van der Waals surface area contributed by atoms with Crippen molar-refractivity contribution in [1.82, 2.24) is 14.5 Å². The zero-order chi connectivity index (χ0) is 25.6. The molecule has 1 atom stereocenters. The molecule has 1 aromatic carbocycles. The predicted octanol–water partition coefficient (Wildman–Crippen LogP) is 5.29. The van der Waals surface area contributed by atoms with Crippen molar-refractivity contribution < 1.29 is 14.3 Å². The largest absolute Gasteiger partial charge is 0.464 e. The van der Waals surface area contributed by atoms with Gasteiger partial charge >= 0.3 is 5.97 Å². The number of amides is 1. The molecule has 1 aliphatic rings. The van der Waals surface area contributed by atoms with E-state index < -0.39 is 5.97 Å². The number of nitrogens with zero attached hydrogens (tertiary/aromatic N) is 3. The van der Waals surface area contributed by atoms with Gasteiger partial charge in [-0.1, -0.05) is 42.5 Å². The van der Waals surface area contributed by atoms with Crippen LogP contribution in [0.15, 0.2) is 79.3 Å². The Morgan fingerprint density at radius 1 is 1.11 bits per heavy atom. The number of carbonyl (C=O) groups is 2. The lowest BCUT2D eigenvalue weighted by atomic mass is 9.94. The fourth-order valence-corrected chi connectivity index (χ4v) is 4.66. The first kappa shape index (κ1) is 24.2. The van der Waals surface area contributed by atoms with Crippen LogP contribution in [0.5, 0.6) is 0 Å². The first-order valence-electron chi connectivity index (χ1n) is 12.4. The molecule has 3 aromatic heterocycles. The monoisotopic (exact) mass is 495 g/mol. The van der Waals surface area contributed by atoms with E-state index in [9.17, 15) is 9.59 Å². The topological polar surface area (TPSA) is 98.1 Å². The summed E-state index contributed by atoms with van der Waals surface area (Å²) in [5.74, 6) is -0.373. The third-order valence-electron chi connectivity index (χ3n) is 6.60. The average molecular weight is 496 g/mol. The molecule has 1 aliphatic carbocycles. The number of carbonyl (C=O) groups excluding carboxylic acids is 2. The summed E-state index contributed by atoms with van der Waals surface area (Å²) in [5, 5.41) is 7.10. The van der Waals surface area contributed by atoms with Gasteiger partial charge in [-0.3, -0.25) is 9.78 Å². The zero-order valence-corrected chi connectivity index (χ0v) is 20.7. The number of esters is 1. The van der Waals surface area contributed by atoms with Crippen molar-refractivity contribution in [3.05, 3.63) is 96.1 Å². The number of aromatic nitrogens is 3. The molecule has 1 amide bonds. The van der Waals surface area contributed by atoms with Crippen LogP contribution in [0.1, 0.15) is 45.7 Å². The summed E-state index contributed by atoms with van der Waals surface area (Å²) in [6.45, 7) is 1.21. The van der Waals surface area contributed by atoms with E-state index in [0.717, 1.165) is 37.1 Å². The Kier molecular flexibility index (Phi) is 7.26. The lowest BCUT2D eigenvalue weighted by Gasteiger charge is -2.18. The van der Waals surface area contributed by atoms with E-state index in [1.165, 1.54) is 13.3 Å². The molecule has 0 aliphatic heterocycles. The number of rotatable bonds is 8. The Bertz CT molecular complexity index is 1430. The summed E-state index contributed by atoms with van der Waals surface area (Å²) >= 11 is 0. The van der Waals surface area contributed by atoms with E-state index in [1.807, 2.05) is 36.4 Å². The number of anilines is 2. The predicted molar refractivity (Wildman–Crippen MR) is 144 cm³/mol. The Labute approximate surface area is 215 Å².